The van der Waals surface area contributed by atoms with Gasteiger partial charge in [0.2, 0.25) is 0 Å². The molecule has 0 fully saturated rings. The van der Waals surface area contributed by atoms with Crippen molar-refractivity contribution >= 4 is 38.2 Å². The van der Waals surface area contributed by atoms with Crippen LogP contribution in [-0.4, -0.2) is 50.4 Å². The number of ether oxygens (including phenoxy) is 1. The van der Waals surface area contributed by atoms with E-state index in [1.54, 1.807) is 58.0 Å². The Kier molecular flexibility index (Phi) is 10.0. The molecule has 0 heterocycles. The second-order valence-corrected chi connectivity index (χ2v) is 13.6. The van der Waals surface area contributed by atoms with E-state index in [9.17, 15) is 18.0 Å². The van der Waals surface area contributed by atoms with Crippen molar-refractivity contribution < 1.29 is 22.7 Å². The number of nitrogens with one attached hydrogen (secondary N) is 1. The molecule has 1 amide bonds. The SMILES string of the molecule is C[C@@H](C(=O)c1ccc(CCNCC(N)S(=O)(=O)c2ccccc2)cc1)N(C(=O)OC(C)(C)C)c1ccc2ccccc2c1. The molecule has 4 aromatic rings. The van der Waals surface area contributed by atoms with Gasteiger partial charge in [-0.15, -0.1) is 0 Å². The first-order valence-electron chi connectivity index (χ1n) is 14.3. The maximum absolute atomic E-state index is 13.6. The Morgan fingerprint density at radius 3 is 2.16 bits per heavy atom. The number of fused-ring (bicyclic) bond motifs is 1. The minimum Gasteiger partial charge on any atom is -0.443 e. The summed E-state index contributed by atoms with van der Waals surface area (Å²) in [5.74, 6) is -0.221. The van der Waals surface area contributed by atoms with E-state index in [0.29, 0.717) is 24.2 Å². The molecule has 2 atom stereocenters. The molecule has 226 valence electrons. The maximum Gasteiger partial charge on any atom is 0.415 e. The number of carbonyl (C=O) groups excluding carboxylic acids is 2. The lowest BCUT2D eigenvalue weighted by molar-refractivity contribution is 0.0557. The third-order valence-electron chi connectivity index (χ3n) is 7.01. The minimum absolute atomic E-state index is 0.112. The standard InChI is InChI=1S/C34H39N3O5S/c1-24(37(33(39)42-34(2,3)4)29-19-18-26-10-8-9-11-28(26)22-29)32(38)27-16-14-25(15-17-27)20-21-36-23-31(35)43(40,41)30-12-6-5-7-13-30/h5-19,22,24,31,36H,20-21,23,35H2,1-4H3/t24-,31?/m0/s1. The quantitative estimate of drug-likeness (QED) is 0.166. The molecule has 4 aromatic carbocycles. The lowest BCUT2D eigenvalue weighted by Gasteiger charge is -2.31. The van der Waals surface area contributed by atoms with Crippen LogP contribution in [0.2, 0.25) is 0 Å². The second kappa shape index (κ2) is 13.5. The van der Waals surface area contributed by atoms with E-state index in [0.717, 1.165) is 16.3 Å². The van der Waals surface area contributed by atoms with Crippen LogP contribution in [0.5, 0.6) is 0 Å². The van der Waals surface area contributed by atoms with Gasteiger partial charge in [-0.3, -0.25) is 9.69 Å². The van der Waals surface area contributed by atoms with Crippen LogP contribution in [0.1, 0.15) is 43.6 Å². The number of nitrogens with two attached hydrogens (primary N) is 1. The zero-order valence-corrected chi connectivity index (χ0v) is 25.8. The van der Waals surface area contributed by atoms with Crippen LogP contribution in [0.3, 0.4) is 0 Å². The smallest absolute Gasteiger partial charge is 0.415 e. The molecule has 0 bridgehead atoms. The van der Waals surface area contributed by atoms with Gasteiger partial charge in [0.1, 0.15) is 17.0 Å². The number of benzene rings is 4. The number of rotatable bonds is 11. The molecule has 1 unspecified atom stereocenters. The summed E-state index contributed by atoms with van der Waals surface area (Å²) in [6, 6.07) is 28.0. The van der Waals surface area contributed by atoms with Crippen molar-refractivity contribution in [2.75, 3.05) is 18.0 Å². The van der Waals surface area contributed by atoms with Crippen molar-refractivity contribution in [1.82, 2.24) is 5.32 Å². The number of sulfone groups is 1. The molecular formula is C34H39N3O5S. The Morgan fingerprint density at radius 1 is 0.884 bits per heavy atom. The van der Waals surface area contributed by atoms with Gasteiger partial charge in [0.15, 0.2) is 15.6 Å². The average molecular weight is 602 g/mol. The molecular weight excluding hydrogens is 562 g/mol. The fourth-order valence-corrected chi connectivity index (χ4v) is 5.91. The predicted molar refractivity (Wildman–Crippen MR) is 171 cm³/mol. The van der Waals surface area contributed by atoms with Crippen LogP contribution in [0.4, 0.5) is 10.5 Å². The first-order valence-corrected chi connectivity index (χ1v) is 15.8. The van der Waals surface area contributed by atoms with Crippen LogP contribution in [0.25, 0.3) is 10.8 Å². The van der Waals surface area contributed by atoms with Crippen LogP contribution >= 0.6 is 0 Å². The summed E-state index contributed by atoms with van der Waals surface area (Å²) in [5, 5.41) is 4.03. The molecule has 0 radical (unpaired) electrons. The van der Waals surface area contributed by atoms with Crippen molar-refractivity contribution in [2.24, 2.45) is 5.73 Å². The van der Waals surface area contributed by atoms with Gasteiger partial charge in [0.25, 0.3) is 0 Å². The van der Waals surface area contributed by atoms with Crippen LogP contribution < -0.4 is 16.0 Å². The lowest BCUT2D eigenvalue weighted by atomic mass is 10.0. The molecule has 9 heteroatoms. The minimum atomic E-state index is -3.62. The van der Waals surface area contributed by atoms with E-state index in [1.165, 1.54) is 17.0 Å². The van der Waals surface area contributed by atoms with Gasteiger partial charge >= 0.3 is 6.09 Å². The molecule has 0 saturated heterocycles. The Labute approximate surface area is 253 Å². The molecule has 0 saturated carbocycles. The summed E-state index contributed by atoms with van der Waals surface area (Å²) < 4.78 is 31.0. The number of hydrogen-bond acceptors (Lipinski definition) is 7. The Balaban J connectivity index is 1.41. The monoisotopic (exact) mass is 601 g/mol. The predicted octanol–water partition coefficient (Wildman–Crippen LogP) is 5.74. The van der Waals surface area contributed by atoms with E-state index in [4.69, 9.17) is 10.5 Å². The highest BCUT2D eigenvalue weighted by Gasteiger charge is 2.32. The number of carbonyl (C=O) groups is 2. The van der Waals surface area contributed by atoms with E-state index >= 15 is 0 Å². The number of amides is 1. The molecule has 0 aromatic heterocycles. The lowest BCUT2D eigenvalue weighted by Crippen LogP contribution is -2.46. The Bertz CT molecular complexity index is 1670. The first-order chi connectivity index (χ1) is 20.4. The van der Waals surface area contributed by atoms with Gasteiger partial charge < -0.3 is 15.8 Å². The number of ketones is 1. The Hall–Kier alpha value is -4.05. The summed E-state index contributed by atoms with van der Waals surface area (Å²) in [6.07, 6.45) is 0.0160. The van der Waals surface area contributed by atoms with E-state index < -0.39 is 32.9 Å². The second-order valence-electron chi connectivity index (χ2n) is 11.5. The van der Waals surface area contributed by atoms with E-state index in [2.05, 4.69) is 5.32 Å². The summed E-state index contributed by atoms with van der Waals surface area (Å²) >= 11 is 0. The van der Waals surface area contributed by atoms with E-state index in [1.807, 2.05) is 54.6 Å². The largest absolute Gasteiger partial charge is 0.443 e. The molecule has 8 nitrogen and oxygen atoms in total. The van der Waals surface area contributed by atoms with Crippen molar-refractivity contribution in [3.8, 4) is 0 Å². The fraction of sp³-hybridized carbons (Fsp3) is 0.294. The molecule has 0 spiro atoms. The Morgan fingerprint density at radius 2 is 1.51 bits per heavy atom. The van der Waals surface area contributed by atoms with Crippen LogP contribution in [0, 0.1) is 0 Å². The number of hydrogen-bond donors (Lipinski definition) is 2. The summed E-state index contributed by atoms with van der Waals surface area (Å²) in [4.78, 5) is 28.6. The fourth-order valence-electron chi connectivity index (χ4n) is 4.69. The van der Waals surface area contributed by atoms with E-state index in [-0.39, 0.29) is 17.2 Å². The zero-order chi connectivity index (χ0) is 31.2. The van der Waals surface area contributed by atoms with Crippen LogP contribution in [-0.2, 0) is 21.0 Å². The maximum atomic E-state index is 13.6. The third kappa shape index (κ3) is 8.07. The molecule has 0 aliphatic rings. The summed E-state index contributed by atoms with van der Waals surface area (Å²) in [6.45, 7) is 7.70. The highest BCUT2D eigenvalue weighted by molar-refractivity contribution is 7.92. The van der Waals surface area contributed by atoms with Gasteiger partial charge in [0, 0.05) is 17.8 Å². The third-order valence-corrected chi connectivity index (χ3v) is 8.91. The molecule has 3 N–H and O–H groups in total. The van der Waals surface area contributed by atoms with Gasteiger partial charge in [-0.2, -0.15) is 0 Å². The van der Waals surface area contributed by atoms with Gasteiger partial charge in [0.05, 0.1) is 4.90 Å². The summed E-state index contributed by atoms with van der Waals surface area (Å²) in [7, 11) is -3.62. The van der Waals surface area contributed by atoms with Gasteiger partial charge in [-0.25, -0.2) is 13.2 Å². The molecule has 0 aliphatic carbocycles. The van der Waals surface area contributed by atoms with Crippen molar-refractivity contribution in [3.63, 3.8) is 0 Å². The number of nitrogens with zero attached hydrogens (tertiary/aromatic N) is 1. The van der Waals surface area contributed by atoms with Crippen molar-refractivity contribution in [2.45, 2.75) is 56.0 Å². The molecule has 0 aliphatic heterocycles. The van der Waals surface area contributed by atoms with Crippen molar-refractivity contribution in [1.29, 1.82) is 0 Å². The highest BCUT2D eigenvalue weighted by Crippen LogP contribution is 2.27. The van der Waals surface area contributed by atoms with Crippen molar-refractivity contribution in [3.05, 3.63) is 108 Å². The number of Topliss-reactive ketones (excluding diaryl/α,β-unsaturated/α-hetero) is 1. The zero-order valence-electron chi connectivity index (χ0n) is 25.0. The van der Waals surface area contributed by atoms with Gasteiger partial charge in [-0.05, 0) is 81.3 Å². The number of anilines is 1. The van der Waals surface area contributed by atoms with Gasteiger partial charge in [-0.1, -0.05) is 72.8 Å². The first kappa shape index (κ1) is 31.9. The summed E-state index contributed by atoms with van der Waals surface area (Å²) in [5.41, 5.74) is 7.24. The normalized spacial score (nSPS) is 13.3. The average Bonchev–Trinajstić information content (AvgIpc) is 2.98. The molecule has 43 heavy (non-hydrogen) atoms. The topological polar surface area (TPSA) is 119 Å². The molecule has 4 rings (SSSR count). The highest BCUT2D eigenvalue weighted by atomic mass is 32.2. The van der Waals surface area contributed by atoms with Crippen LogP contribution in [0.15, 0.2) is 102 Å².